The minimum atomic E-state index is -0.210. The highest BCUT2D eigenvalue weighted by molar-refractivity contribution is 7.19. The molecule has 5 rings (SSSR count). The summed E-state index contributed by atoms with van der Waals surface area (Å²) >= 11 is 8.01. The molecule has 1 aliphatic heterocycles. The van der Waals surface area contributed by atoms with E-state index in [1.54, 1.807) is 11.3 Å². The van der Waals surface area contributed by atoms with Gasteiger partial charge in [0.25, 0.3) is 0 Å². The van der Waals surface area contributed by atoms with E-state index in [0.29, 0.717) is 0 Å². The molecule has 0 amide bonds. The normalized spacial score (nSPS) is 14.4. The van der Waals surface area contributed by atoms with Crippen molar-refractivity contribution in [2.45, 2.75) is 20.3 Å². The Morgan fingerprint density at radius 2 is 1.59 bits per heavy atom. The molecule has 2 aromatic carbocycles. The van der Waals surface area contributed by atoms with E-state index >= 15 is 0 Å². The number of piperazine rings is 1. The van der Waals surface area contributed by atoms with Crippen LogP contribution in [0.5, 0.6) is 0 Å². The van der Waals surface area contributed by atoms with Crippen LogP contribution in [0.1, 0.15) is 17.4 Å². The maximum Gasteiger partial charge on any atom is 0.225 e. The Balaban J connectivity index is 1.50. The quantitative estimate of drug-likeness (QED) is 0.328. The maximum absolute atomic E-state index is 13.3. The number of nitrogens with zero attached hydrogens (tertiary/aromatic N) is 4. The number of thiophene rings is 1. The molecule has 0 unspecified atom stereocenters. The van der Waals surface area contributed by atoms with E-state index in [2.05, 4.69) is 57.9 Å². The lowest BCUT2D eigenvalue weighted by atomic mass is 10.0. The predicted molar refractivity (Wildman–Crippen MR) is 133 cm³/mol. The second kappa shape index (κ2) is 8.68. The van der Waals surface area contributed by atoms with Gasteiger partial charge < -0.3 is 9.80 Å². The van der Waals surface area contributed by atoms with E-state index in [4.69, 9.17) is 11.6 Å². The van der Waals surface area contributed by atoms with Gasteiger partial charge in [-0.25, -0.2) is 9.37 Å². The van der Waals surface area contributed by atoms with E-state index in [1.165, 1.54) is 33.7 Å². The molecule has 0 N–H and O–H groups in total. The highest BCUT2D eigenvalue weighted by Gasteiger charge is 2.25. The van der Waals surface area contributed by atoms with Crippen molar-refractivity contribution in [1.29, 1.82) is 0 Å². The number of fused-ring (bicyclic) bond motifs is 1. The molecule has 164 valence electrons. The van der Waals surface area contributed by atoms with Crippen molar-refractivity contribution < 1.29 is 4.39 Å². The van der Waals surface area contributed by atoms with E-state index < -0.39 is 0 Å². The Labute approximate surface area is 196 Å². The summed E-state index contributed by atoms with van der Waals surface area (Å²) in [5.74, 6) is 0.690. The van der Waals surface area contributed by atoms with Crippen molar-refractivity contribution in [3.8, 4) is 11.1 Å². The van der Waals surface area contributed by atoms with Gasteiger partial charge in [-0.1, -0.05) is 31.2 Å². The van der Waals surface area contributed by atoms with Crippen LogP contribution in [0.4, 0.5) is 15.9 Å². The molecule has 2 aromatic heterocycles. The maximum atomic E-state index is 13.3. The fraction of sp³-hybridized carbons (Fsp3) is 0.280. The van der Waals surface area contributed by atoms with Crippen LogP contribution < -0.4 is 9.80 Å². The first kappa shape index (κ1) is 21.2. The molecule has 0 radical (unpaired) electrons. The number of aryl methyl sites for hydroxylation is 2. The highest BCUT2D eigenvalue weighted by atomic mass is 35.5. The zero-order valence-corrected chi connectivity index (χ0v) is 19.7. The van der Waals surface area contributed by atoms with Crippen LogP contribution in [-0.2, 0) is 6.42 Å². The lowest BCUT2D eigenvalue weighted by Crippen LogP contribution is -2.47. The molecule has 7 heteroatoms. The Hall–Kier alpha value is -2.70. The molecule has 0 saturated carbocycles. The number of hydrogen-bond acceptors (Lipinski definition) is 5. The number of anilines is 2. The zero-order valence-electron chi connectivity index (χ0n) is 18.1. The Morgan fingerprint density at radius 1 is 0.938 bits per heavy atom. The molecular weight excluding hydrogens is 443 g/mol. The first-order valence-corrected chi connectivity index (χ1v) is 12.0. The Morgan fingerprint density at radius 3 is 2.25 bits per heavy atom. The molecule has 1 fully saturated rings. The standard InChI is InChI=1S/C25H24ClFN4S/c1-3-17-4-6-18(7-5-17)21-16(2)32-24-22(21)23(28-25(26)29-24)31-14-12-30(13-15-31)20-10-8-19(27)9-11-20/h4-11H,3,12-15H2,1-2H3. The Kier molecular flexibility index (Phi) is 5.74. The number of rotatable bonds is 4. The molecule has 0 bridgehead atoms. The number of aromatic nitrogens is 2. The summed E-state index contributed by atoms with van der Waals surface area (Å²) in [7, 11) is 0. The number of benzene rings is 2. The molecule has 0 atom stereocenters. The largest absolute Gasteiger partial charge is 0.368 e. The van der Waals surface area contributed by atoms with E-state index in [1.807, 2.05) is 12.1 Å². The van der Waals surface area contributed by atoms with Crippen LogP contribution in [0, 0.1) is 12.7 Å². The lowest BCUT2D eigenvalue weighted by molar-refractivity contribution is 0.624. The molecule has 4 aromatic rings. The number of hydrogen-bond donors (Lipinski definition) is 0. The van der Waals surface area contributed by atoms with Crippen molar-refractivity contribution in [3.63, 3.8) is 0 Å². The molecule has 0 spiro atoms. The summed E-state index contributed by atoms with van der Waals surface area (Å²) in [6.45, 7) is 7.59. The third-order valence-corrected chi connectivity index (χ3v) is 7.27. The third-order valence-electron chi connectivity index (χ3n) is 6.10. The SMILES string of the molecule is CCc1ccc(-c2c(C)sc3nc(Cl)nc(N4CCN(c5ccc(F)cc5)CC4)c23)cc1. The van der Waals surface area contributed by atoms with Gasteiger partial charge in [-0.05, 0) is 60.3 Å². The van der Waals surface area contributed by atoms with Gasteiger partial charge in [-0.2, -0.15) is 4.98 Å². The van der Waals surface area contributed by atoms with Gasteiger partial charge in [-0.3, -0.25) is 0 Å². The van der Waals surface area contributed by atoms with Gasteiger partial charge >= 0.3 is 0 Å². The van der Waals surface area contributed by atoms with Gasteiger partial charge in [-0.15, -0.1) is 11.3 Å². The summed E-state index contributed by atoms with van der Waals surface area (Å²) in [5.41, 5.74) is 4.74. The minimum absolute atomic E-state index is 0.210. The highest BCUT2D eigenvalue weighted by Crippen LogP contribution is 2.42. The van der Waals surface area contributed by atoms with Crippen LogP contribution >= 0.6 is 22.9 Å². The van der Waals surface area contributed by atoms with Crippen molar-refractivity contribution >= 4 is 44.7 Å². The first-order valence-electron chi connectivity index (χ1n) is 10.8. The molecule has 0 aliphatic carbocycles. The van der Waals surface area contributed by atoms with Crippen molar-refractivity contribution in [2.24, 2.45) is 0 Å². The summed E-state index contributed by atoms with van der Waals surface area (Å²) in [6, 6.07) is 15.5. The minimum Gasteiger partial charge on any atom is -0.368 e. The third kappa shape index (κ3) is 3.93. The van der Waals surface area contributed by atoms with Gasteiger partial charge in [0.05, 0.1) is 5.39 Å². The van der Waals surface area contributed by atoms with Crippen LogP contribution in [0.25, 0.3) is 21.3 Å². The molecule has 4 nitrogen and oxygen atoms in total. The van der Waals surface area contributed by atoms with E-state index in [0.717, 1.165) is 54.3 Å². The second-order valence-corrected chi connectivity index (χ2v) is 9.57. The fourth-order valence-corrected chi connectivity index (χ4v) is 5.63. The fourth-order valence-electron chi connectivity index (χ4n) is 4.38. The molecular formula is C25H24ClFN4S. The monoisotopic (exact) mass is 466 g/mol. The second-order valence-electron chi connectivity index (χ2n) is 8.03. The van der Waals surface area contributed by atoms with Crippen molar-refractivity contribution in [2.75, 3.05) is 36.0 Å². The van der Waals surface area contributed by atoms with Crippen molar-refractivity contribution in [3.05, 3.63) is 70.1 Å². The summed E-state index contributed by atoms with van der Waals surface area (Å²) in [5, 5.41) is 1.36. The van der Waals surface area contributed by atoms with Gasteiger partial charge in [0, 0.05) is 42.3 Å². The topological polar surface area (TPSA) is 32.3 Å². The van der Waals surface area contributed by atoms with Crippen LogP contribution in [0.15, 0.2) is 48.5 Å². The van der Waals surface area contributed by atoms with E-state index in [9.17, 15) is 4.39 Å². The van der Waals surface area contributed by atoms with Crippen molar-refractivity contribution in [1.82, 2.24) is 9.97 Å². The predicted octanol–water partition coefficient (Wildman–Crippen LogP) is 6.35. The first-order chi connectivity index (χ1) is 15.5. The smallest absolute Gasteiger partial charge is 0.225 e. The molecule has 1 aliphatic rings. The lowest BCUT2D eigenvalue weighted by Gasteiger charge is -2.37. The van der Waals surface area contributed by atoms with Crippen LogP contribution in [0.3, 0.4) is 0 Å². The summed E-state index contributed by atoms with van der Waals surface area (Å²) in [6.07, 6.45) is 1.02. The Bertz CT molecular complexity index is 1250. The molecule has 32 heavy (non-hydrogen) atoms. The summed E-state index contributed by atoms with van der Waals surface area (Å²) < 4.78 is 13.3. The van der Waals surface area contributed by atoms with Gasteiger partial charge in [0.15, 0.2) is 0 Å². The molecule has 1 saturated heterocycles. The molecule has 3 heterocycles. The summed E-state index contributed by atoms with van der Waals surface area (Å²) in [4.78, 5) is 15.9. The van der Waals surface area contributed by atoms with Gasteiger partial charge in [0.2, 0.25) is 5.28 Å². The van der Waals surface area contributed by atoms with E-state index in [-0.39, 0.29) is 11.1 Å². The number of halogens is 2. The average Bonchev–Trinajstić information content (AvgIpc) is 3.14. The van der Waals surface area contributed by atoms with Crippen LogP contribution in [0.2, 0.25) is 5.28 Å². The van der Waals surface area contributed by atoms with Gasteiger partial charge in [0.1, 0.15) is 16.5 Å². The van der Waals surface area contributed by atoms with Crippen LogP contribution in [-0.4, -0.2) is 36.1 Å². The zero-order chi connectivity index (χ0) is 22.2. The average molecular weight is 467 g/mol.